The molecule has 1 fully saturated rings. The first-order valence-electron chi connectivity index (χ1n) is 4.75. The van der Waals surface area contributed by atoms with Crippen LogP contribution in [0.25, 0.3) is 0 Å². The van der Waals surface area contributed by atoms with Gasteiger partial charge >= 0.3 is 6.09 Å². The van der Waals surface area contributed by atoms with E-state index in [0.717, 1.165) is 19.3 Å². The second-order valence-electron chi connectivity index (χ2n) is 3.73. The van der Waals surface area contributed by atoms with Crippen LogP contribution in [0.5, 0.6) is 0 Å². The molecule has 0 aromatic heterocycles. The molecule has 0 saturated carbocycles. The highest BCUT2D eigenvalue weighted by Gasteiger charge is 2.27. The van der Waals surface area contributed by atoms with Crippen molar-refractivity contribution in [1.82, 2.24) is 4.90 Å². The molecule has 0 spiro atoms. The standard InChI is InChI=1S/C9H17NO3/c1-7-6-8(3-5-11)2-4-10(7)9(12)13/h7-8,11H,2-6H2,1H3,(H,12,13). The number of rotatable bonds is 2. The maximum atomic E-state index is 10.7. The molecule has 0 radical (unpaired) electrons. The Kier molecular flexibility index (Phi) is 3.54. The van der Waals surface area contributed by atoms with Crippen molar-refractivity contribution in [2.24, 2.45) is 5.92 Å². The van der Waals surface area contributed by atoms with Crippen molar-refractivity contribution >= 4 is 6.09 Å². The lowest BCUT2D eigenvalue weighted by atomic mass is 9.89. The summed E-state index contributed by atoms with van der Waals surface area (Å²) in [5.41, 5.74) is 0. The van der Waals surface area contributed by atoms with Gasteiger partial charge in [0.2, 0.25) is 0 Å². The van der Waals surface area contributed by atoms with Crippen LogP contribution < -0.4 is 0 Å². The van der Waals surface area contributed by atoms with Crippen molar-refractivity contribution in [1.29, 1.82) is 0 Å². The van der Waals surface area contributed by atoms with Crippen LogP contribution in [0, 0.1) is 5.92 Å². The smallest absolute Gasteiger partial charge is 0.407 e. The Hall–Kier alpha value is -0.770. The Bertz CT molecular complexity index is 184. The van der Waals surface area contributed by atoms with Crippen LogP contribution >= 0.6 is 0 Å². The van der Waals surface area contributed by atoms with E-state index < -0.39 is 6.09 Å². The molecule has 76 valence electrons. The summed E-state index contributed by atoms with van der Waals surface area (Å²) in [6.07, 6.45) is 1.75. The zero-order chi connectivity index (χ0) is 9.84. The minimum Gasteiger partial charge on any atom is -0.465 e. The highest BCUT2D eigenvalue weighted by Crippen LogP contribution is 2.24. The molecule has 13 heavy (non-hydrogen) atoms. The van der Waals surface area contributed by atoms with Gasteiger partial charge in [0.25, 0.3) is 0 Å². The van der Waals surface area contributed by atoms with Crippen LogP contribution in [-0.4, -0.2) is 40.4 Å². The average Bonchev–Trinajstić information content (AvgIpc) is 2.04. The van der Waals surface area contributed by atoms with Crippen molar-refractivity contribution in [3.05, 3.63) is 0 Å². The maximum Gasteiger partial charge on any atom is 0.407 e. The van der Waals surface area contributed by atoms with Crippen molar-refractivity contribution in [3.63, 3.8) is 0 Å². The molecular formula is C9H17NO3. The lowest BCUT2D eigenvalue weighted by Gasteiger charge is -2.35. The fraction of sp³-hybridized carbons (Fsp3) is 0.889. The minimum atomic E-state index is -0.824. The van der Waals surface area contributed by atoms with Gasteiger partial charge in [-0.15, -0.1) is 0 Å². The van der Waals surface area contributed by atoms with Crippen molar-refractivity contribution in [2.45, 2.75) is 32.2 Å². The summed E-state index contributed by atoms with van der Waals surface area (Å²) >= 11 is 0. The van der Waals surface area contributed by atoms with Crippen LogP contribution in [-0.2, 0) is 0 Å². The molecule has 4 heteroatoms. The van der Waals surface area contributed by atoms with Crippen LogP contribution in [0.4, 0.5) is 4.79 Å². The molecular weight excluding hydrogens is 170 g/mol. The third-order valence-electron chi connectivity index (χ3n) is 2.77. The Morgan fingerprint density at radius 1 is 1.62 bits per heavy atom. The Labute approximate surface area is 78.2 Å². The summed E-state index contributed by atoms with van der Waals surface area (Å²) in [6, 6.07) is 0.0998. The number of piperidine rings is 1. The highest BCUT2D eigenvalue weighted by molar-refractivity contribution is 5.65. The maximum absolute atomic E-state index is 10.7. The summed E-state index contributed by atoms with van der Waals surface area (Å²) in [5.74, 6) is 0.496. The van der Waals surface area contributed by atoms with Gasteiger partial charge in [-0.2, -0.15) is 0 Å². The number of nitrogens with zero attached hydrogens (tertiary/aromatic N) is 1. The van der Waals surface area contributed by atoms with Gasteiger partial charge in [0.15, 0.2) is 0 Å². The number of aliphatic hydroxyl groups is 1. The molecule has 0 bridgehead atoms. The fourth-order valence-electron chi connectivity index (χ4n) is 2.00. The van der Waals surface area contributed by atoms with E-state index in [1.54, 1.807) is 0 Å². The van der Waals surface area contributed by atoms with Crippen molar-refractivity contribution in [3.8, 4) is 0 Å². The first kappa shape index (κ1) is 10.3. The summed E-state index contributed by atoms with van der Waals surface area (Å²) < 4.78 is 0. The molecule has 1 heterocycles. The molecule has 1 aliphatic heterocycles. The average molecular weight is 187 g/mol. The van der Waals surface area contributed by atoms with Gasteiger partial charge in [0, 0.05) is 19.2 Å². The number of aliphatic hydroxyl groups excluding tert-OH is 1. The van der Waals surface area contributed by atoms with E-state index in [2.05, 4.69) is 0 Å². The first-order chi connectivity index (χ1) is 6.15. The quantitative estimate of drug-likeness (QED) is 0.681. The third kappa shape index (κ3) is 2.59. The van der Waals surface area contributed by atoms with Gasteiger partial charge in [-0.05, 0) is 32.1 Å². The van der Waals surface area contributed by atoms with E-state index >= 15 is 0 Å². The second-order valence-corrected chi connectivity index (χ2v) is 3.73. The van der Waals surface area contributed by atoms with E-state index in [9.17, 15) is 4.79 Å². The Morgan fingerprint density at radius 2 is 2.31 bits per heavy atom. The predicted molar refractivity (Wildman–Crippen MR) is 48.6 cm³/mol. The largest absolute Gasteiger partial charge is 0.465 e. The molecule has 2 N–H and O–H groups in total. The molecule has 1 amide bonds. The van der Waals surface area contributed by atoms with E-state index in [-0.39, 0.29) is 12.6 Å². The van der Waals surface area contributed by atoms with Gasteiger partial charge in [0.05, 0.1) is 0 Å². The molecule has 1 aliphatic rings. The van der Waals surface area contributed by atoms with E-state index in [1.165, 1.54) is 4.90 Å². The zero-order valence-corrected chi connectivity index (χ0v) is 7.94. The molecule has 0 aliphatic carbocycles. The van der Waals surface area contributed by atoms with Crippen LogP contribution in [0.3, 0.4) is 0 Å². The molecule has 2 atom stereocenters. The number of carboxylic acid groups (broad SMARTS) is 1. The SMILES string of the molecule is CC1CC(CCO)CCN1C(=O)O. The summed E-state index contributed by atoms with van der Waals surface area (Å²) in [5, 5.41) is 17.6. The Morgan fingerprint density at radius 3 is 2.77 bits per heavy atom. The number of amides is 1. The molecule has 1 rings (SSSR count). The lowest BCUT2D eigenvalue weighted by molar-refractivity contribution is 0.0896. The number of carbonyl (C=O) groups is 1. The van der Waals surface area contributed by atoms with Crippen LogP contribution in [0.2, 0.25) is 0 Å². The number of likely N-dealkylation sites (tertiary alicyclic amines) is 1. The highest BCUT2D eigenvalue weighted by atomic mass is 16.4. The normalized spacial score (nSPS) is 28.9. The first-order valence-corrected chi connectivity index (χ1v) is 4.75. The summed E-state index contributed by atoms with van der Waals surface area (Å²) in [7, 11) is 0. The van der Waals surface area contributed by atoms with Gasteiger partial charge in [-0.25, -0.2) is 4.79 Å². The third-order valence-corrected chi connectivity index (χ3v) is 2.77. The zero-order valence-electron chi connectivity index (χ0n) is 7.94. The lowest BCUT2D eigenvalue weighted by Crippen LogP contribution is -2.43. The van der Waals surface area contributed by atoms with Crippen LogP contribution in [0.15, 0.2) is 0 Å². The van der Waals surface area contributed by atoms with Gasteiger partial charge in [-0.1, -0.05) is 0 Å². The second kappa shape index (κ2) is 4.46. The van der Waals surface area contributed by atoms with Crippen LogP contribution in [0.1, 0.15) is 26.2 Å². The van der Waals surface area contributed by atoms with E-state index in [0.29, 0.717) is 12.5 Å². The van der Waals surface area contributed by atoms with E-state index in [4.69, 9.17) is 10.2 Å². The minimum absolute atomic E-state index is 0.0998. The van der Waals surface area contributed by atoms with Gasteiger partial charge < -0.3 is 15.1 Å². The predicted octanol–water partition coefficient (Wildman–Crippen LogP) is 1.15. The van der Waals surface area contributed by atoms with Crippen molar-refractivity contribution in [2.75, 3.05) is 13.2 Å². The number of hydrogen-bond donors (Lipinski definition) is 2. The topological polar surface area (TPSA) is 60.8 Å². The monoisotopic (exact) mass is 187 g/mol. The number of hydrogen-bond acceptors (Lipinski definition) is 2. The molecule has 0 aromatic carbocycles. The van der Waals surface area contributed by atoms with Gasteiger partial charge in [0.1, 0.15) is 0 Å². The Balaban J connectivity index is 2.42. The van der Waals surface area contributed by atoms with Crippen molar-refractivity contribution < 1.29 is 15.0 Å². The molecule has 4 nitrogen and oxygen atoms in total. The molecule has 0 aromatic rings. The molecule has 2 unspecified atom stereocenters. The van der Waals surface area contributed by atoms with E-state index in [1.807, 2.05) is 6.92 Å². The summed E-state index contributed by atoms with van der Waals surface area (Å²) in [6.45, 7) is 2.75. The van der Waals surface area contributed by atoms with Gasteiger partial charge in [-0.3, -0.25) is 0 Å². The fourth-order valence-corrected chi connectivity index (χ4v) is 2.00. The molecule has 1 saturated heterocycles. The summed E-state index contributed by atoms with van der Waals surface area (Å²) in [4.78, 5) is 12.2.